The maximum Gasteiger partial charge on any atom is 0.319 e. The highest BCUT2D eigenvalue weighted by Gasteiger charge is 2.18. The molecular formula is C17H20ClFN6O. The van der Waals surface area contributed by atoms with Gasteiger partial charge in [0.25, 0.3) is 0 Å². The number of benzene rings is 1. The van der Waals surface area contributed by atoms with Gasteiger partial charge in [-0.15, -0.1) is 0 Å². The molecule has 1 aliphatic rings. The van der Waals surface area contributed by atoms with E-state index in [2.05, 4.69) is 30.4 Å². The fourth-order valence-electron chi connectivity index (χ4n) is 2.71. The van der Waals surface area contributed by atoms with Crippen LogP contribution in [0.1, 0.15) is 0 Å². The van der Waals surface area contributed by atoms with Gasteiger partial charge in [-0.25, -0.2) is 19.2 Å². The molecular weight excluding hydrogens is 359 g/mol. The number of anilines is 2. The zero-order valence-corrected chi connectivity index (χ0v) is 14.9. The predicted molar refractivity (Wildman–Crippen MR) is 99.1 cm³/mol. The van der Waals surface area contributed by atoms with Crippen molar-refractivity contribution in [1.29, 1.82) is 0 Å². The highest BCUT2D eigenvalue weighted by molar-refractivity contribution is 6.30. The van der Waals surface area contributed by atoms with Crippen LogP contribution in [0.5, 0.6) is 0 Å². The van der Waals surface area contributed by atoms with Crippen LogP contribution in [0.15, 0.2) is 36.7 Å². The highest BCUT2D eigenvalue weighted by Crippen LogP contribution is 2.18. The second-order valence-electron chi connectivity index (χ2n) is 5.88. The Kier molecular flexibility index (Phi) is 6.19. The smallest absolute Gasteiger partial charge is 0.319 e. The fraction of sp³-hybridized carbons (Fsp3) is 0.353. The number of rotatable bonds is 5. The molecule has 0 radical (unpaired) electrons. The summed E-state index contributed by atoms with van der Waals surface area (Å²) in [6, 6.07) is 5.47. The summed E-state index contributed by atoms with van der Waals surface area (Å²) in [6.45, 7) is 4.61. The Balaban J connectivity index is 1.37. The molecule has 2 amide bonds. The number of nitrogens with zero attached hydrogens (tertiary/aromatic N) is 4. The van der Waals surface area contributed by atoms with E-state index in [0.717, 1.165) is 44.7 Å². The lowest BCUT2D eigenvalue weighted by Gasteiger charge is -2.34. The molecule has 1 fully saturated rings. The quantitative estimate of drug-likeness (QED) is 0.834. The SMILES string of the molecule is O=C(NCCN1CCN(c2ncccn2)CC1)Nc1ccc(Cl)cc1F. The van der Waals surface area contributed by atoms with Crippen LogP contribution >= 0.6 is 11.6 Å². The number of nitrogens with one attached hydrogen (secondary N) is 2. The molecule has 0 saturated carbocycles. The number of hydrogen-bond donors (Lipinski definition) is 2. The van der Waals surface area contributed by atoms with E-state index in [9.17, 15) is 9.18 Å². The standard InChI is InChI=1S/C17H20ClFN6O/c18-13-2-3-15(14(19)12-13)23-17(26)22-6-7-24-8-10-25(11-9-24)16-20-4-1-5-21-16/h1-5,12H,6-11H2,(H2,22,23,26). The maximum absolute atomic E-state index is 13.7. The topological polar surface area (TPSA) is 73.4 Å². The van der Waals surface area contributed by atoms with Gasteiger partial charge >= 0.3 is 6.03 Å². The lowest BCUT2D eigenvalue weighted by atomic mass is 10.3. The summed E-state index contributed by atoms with van der Waals surface area (Å²) in [6.07, 6.45) is 3.47. The summed E-state index contributed by atoms with van der Waals surface area (Å²) in [4.78, 5) is 24.8. The molecule has 9 heteroatoms. The van der Waals surface area contributed by atoms with Crippen molar-refractivity contribution < 1.29 is 9.18 Å². The largest absolute Gasteiger partial charge is 0.338 e. The van der Waals surface area contributed by atoms with Gasteiger partial charge in [0.15, 0.2) is 0 Å². The van der Waals surface area contributed by atoms with Crippen molar-refractivity contribution in [1.82, 2.24) is 20.2 Å². The summed E-state index contributed by atoms with van der Waals surface area (Å²) in [5.41, 5.74) is 0.100. The Hall–Kier alpha value is -2.45. The van der Waals surface area contributed by atoms with Crippen molar-refractivity contribution in [2.24, 2.45) is 0 Å². The van der Waals surface area contributed by atoms with Crippen LogP contribution in [0.3, 0.4) is 0 Å². The Bertz CT molecular complexity index is 739. The Morgan fingerprint density at radius 2 is 1.92 bits per heavy atom. The van der Waals surface area contributed by atoms with Crippen molar-refractivity contribution in [2.75, 3.05) is 49.5 Å². The minimum Gasteiger partial charge on any atom is -0.338 e. The molecule has 0 unspecified atom stereocenters. The van der Waals surface area contributed by atoms with Crippen molar-refractivity contribution >= 4 is 29.3 Å². The zero-order valence-electron chi connectivity index (χ0n) is 14.2. The summed E-state index contributed by atoms with van der Waals surface area (Å²) in [5, 5.41) is 5.50. The molecule has 2 N–H and O–H groups in total. The third kappa shape index (κ3) is 5.03. The number of piperazine rings is 1. The molecule has 2 heterocycles. The fourth-order valence-corrected chi connectivity index (χ4v) is 2.87. The summed E-state index contributed by atoms with van der Waals surface area (Å²) in [7, 11) is 0. The average molecular weight is 379 g/mol. The first-order valence-corrected chi connectivity index (χ1v) is 8.74. The lowest BCUT2D eigenvalue weighted by Crippen LogP contribution is -2.49. The van der Waals surface area contributed by atoms with Crippen molar-refractivity contribution in [2.45, 2.75) is 0 Å². The van der Waals surface area contributed by atoms with E-state index in [-0.39, 0.29) is 10.7 Å². The first-order valence-electron chi connectivity index (χ1n) is 8.36. The second kappa shape index (κ2) is 8.77. The van der Waals surface area contributed by atoms with Crippen LogP contribution in [-0.2, 0) is 0 Å². The number of aromatic nitrogens is 2. The third-order valence-corrected chi connectivity index (χ3v) is 4.34. The van der Waals surface area contributed by atoms with Crippen LogP contribution in [-0.4, -0.2) is 60.2 Å². The molecule has 0 aliphatic carbocycles. The number of amides is 2. The van der Waals surface area contributed by atoms with Crippen molar-refractivity contribution in [3.63, 3.8) is 0 Å². The van der Waals surface area contributed by atoms with E-state index in [1.165, 1.54) is 12.1 Å². The molecule has 3 rings (SSSR count). The molecule has 1 saturated heterocycles. The average Bonchev–Trinajstić information content (AvgIpc) is 2.65. The number of carbonyl (C=O) groups is 1. The molecule has 1 aromatic heterocycles. The van der Waals surface area contributed by atoms with Crippen LogP contribution in [0, 0.1) is 5.82 Å². The van der Waals surface area contributed by atoms with Gasteiger partial charge in [0.1, 0.15) is 5.82 Å². The second-order valence-corrected chi connectivity index (χ2v) is 6.32. The van der Waals surface area contributed by atoms with Crippen LogP contribution in [0.2, 0.25) is 5.02 Å². The number of hydrogen-bond acceptors (Lipinski definition) is 5. The van der Waals surface area contributed by atoms with Gasteiger partial charge in [-0.2, -0.15) is 0 Å². The molecule has 1 aromatic carbocycles. The molecule has 0 spiro atoms. The van der Waals surface area contributed by atoms with Crippen LogP contribution in [0.4, 0.5) is 20.8 Å². The summed E-state index contributed by atoms with van der Waals surface area (Å²) in [5.74, 6) is 0.182. The summed E-state index contributed by atoms with van der Waals surface area (Å²) < 4.78 is 13.7. The van der Waals surface area contributed by atoms with E-state index in [4.69, 9.17) is 11.6 Å². The minimum absolute atomic E-state index is 0.100. The van der Waals surface area contributed by atoms with E-state index in [0.29, 0.717) is 6.54 Å². The number of carbonyl (C=O) groups excluding carboxylic acids is 1. The normalized spacial score (nSPS) is 14.9. The van der Waals surface area contributed by atoms with Crippen molar-refractivity contribution in [3.05, 3.63) is 47.5 Å². The molecule has 7 nitrogen and oxygen atoms in total. The molecule has 0 bridgehead atoms. The lowest BCUT2D eigenvalue weighted by molar-refractivity contribution is 0.240. The molecule has 138 valence electrons. The minimum atomic E-state index is -0.563. The molecule has 2 aromatic rings. The summed E-state index contributed by atoms with van der Waals surface area (Å²) >= 11 is 5.69. The number of halogens is 2. The van der Waals surface area contributed by atoms with Gasteiger partial charge in [0, 0.05) is 56.7 Å². The van der Waals surface area contributed by atoms with Gasteiger partial charge in [0.05, 0.1) is 5.69 Å². The van der Waals surface area contributed by atoms with Crippen LogP contribution in [0.25, 0.3) is 0 Å². The Morgan fingerprint density at radius 3 is 2.62 bits per heavy atom. The van der Waals surface area contributed by atoms with Gasteiger partial charge in [-0.3, -0.25) is 4.90 Å². The van der Waals surface area contributed by atoms with Crippen LogP contribution < -0.4 is 15.5 Å². The van der Waals surface area contributed by atoms with E-state index in [1.807, 2.05) is 0 Å². The first kappa shape index (κ1) is 18.3. The third-order valence-electron chi connectivity index (χ3n) is 4.10. The molecule has 1 aliphatic heterocycles. The predicted octanol–water partition coefficient (Wildman–Crippen LogP) is 2.21. The van der Waals surface area contributed by atoms with Gasteiger partial charge in [0.2, 0.25) is 5.95 Å². The van der Waals surface area contributed by atoms with Crippen molar-refractivity contribution in [3.8, 4) is 0 Å². The van der Waals surface area contributed by atoms with Gasteiger partial charge in [-0.1, -0.05) is 11.6 Å². The Labute approximate surface area is 156 Å². The van der Waals surface area contributed by atoms with E-state index < -0.39 is 11.8 Å². The maximum atomic E-state index is 13.7. The monoisotopic (exact) mass is 378 g/mol. The van der Waals surface area contributed by atoms with Gasteiger partial charge in [-0.05, 0) is 24.3 Å². The molecule has 26 heavy (non-hydrogen) atoms. The van der Waals surface area contributed by atoms with Gasteiger partial charge < -0.3 is 15.5 Å². The Morgan fingerprint density at radius 1 is 1.19 bits per heavy atom. The number of urea groups is 1. The molecule has 0 atom stereocenters. The highest BCUT2D eigenvalue weighted by atomic mass is 35.5. The van der Waals surface area contributed by atoms with E-state index in [1.54, 1.807) is 18.5 Å². The van der Waals surface area contributed by atoms with E-state index >= 15 is 0 Å². The zero-order chi connectivity index (χ0) is 18.4. The first-order chi connectivity index (χ1) is 12.6.